The fourth-order valence-corrected chi connectivity index (χ4v) is 3.69. The van der Waals surface area contributed by atoms with E-state index in [2.05, 4.69) is 34.2 Å². The average molecular weight is 390 g/mol. The van der Waals surface area contributed by atoms with Gasteiger partial charge in [0.25, 0.3) is 0 Å². The molecule has 1 aromatic heterocycles. The molecular formula is C23H26N4O2. The highest BCUT2D eigenvalue weighted by Crippen LogP contribution is 2.25. The lowest BCUT2D eigenvalue weighted by atomic mass is 9.99. The van der Waals surface area contributed by atoms with Crippen LogP contribution in [0.3, 0.4) is 0 Å². The molecule has 6 nitrogen and oxygen atoms in total. The van der Waals surface area contributed by atoms with Crippen LogP contribution in [0, 0.1) is 12.8 Å². The first-order valence-corrected chi connectivity index (χ1v) is 10.0. The topological polar surface area (TPSA) is 60.4 Å². The molecule has 1 aliphatic rings. The standard InChI is InChI=1S/C23H26N4O2/c1-17-6-3-4-8-21(17)22-14-24-26-23(25-22)27-13-5-7-18(15-27)16-29-20-11-9-19(28-2)10-12-20/h3-4,6,8-12,14,18H,5,7,13,15-16H2,1-2H3/t18-/m0/s1. The van der Waals surface area contributed by atoms with Crippen LogP contribution in [0.25, 0.3) is 11.3 Å². The molecule has 4 rings (SSSR count). The molecule has 2 heterocycles. The summed E-state index contributed by atoms with van der Waals surface area (Å²) in [5.74, 6) is 2.82. The Hall–Kier alpha value is -3.15. The highest BCUT2D eigenvalue weighted by molar-refractivity contribution is 5.63. The van der Waals surface area contributed by atoms with Crippen LogP contribution in [0.1, 0.15) is 18.4 Å². The monoisotopic (exact) mass is 390 g/mol. The molecule has 0 saturated carbocycles. The summed E-state index contributed by atoms with van der Waals surface area (Å²) in [5.41, 5.74) is 3.15. The number of hydrogen-bond acceptors (Lipinski definition) is 6. The van der Waals surface area contributed by atoms with E-state index in [1.807, 2.05) is 36.4 Å². The van der Waals surface area contributed by atoms with Gasteiger partial charge in [-0.2, -0.15) is 5.10 Å². The zero-order chi connectivity index (χ0) is 20.1. The zero-order valence-electron chi connectivity index (χ0n) is 16.9. The average Bonchev–Trinajstić information content (AvgIpc) is 2.79. The normalized spacial score (nSPS) is 16.5. The number of nitrogens with zero attached hydrogens (tertiary/aromatic N) is 4. The van der Waals surface area contributed by atoms with Crippen LogP contribution in [-0.4, -0.2) is 42.0 Å². The Morgan fingerprint density at radius 3 is 2.66 bits per heavy atom. The zero-order valence-corrected chi connectivity index (χ0v) is 16.9. The van der Waals surface area contributed by atoms with Gasteiger partial charge in [-0.3, -0.25) is 0 Å². The van der Waals surface area contributed by atoms with E-state index in [9.17, 15) is 0 Å². The summed E-state index contributed by atoms with van der Waals surface area (Å²) in [5, 5.41) is 8.52. The Labute approximate surface area is 171 Å². The second-order valence-corrected chi connectivity index (χ2v) is 7.40. The molecule has 0 unspecified atom stereocenters. The van der Waals surface area contributed by atoms with Crippen molar-refractivity contribution in [2.75, 3.05) is 31.7 Å². The molecule has 0 amide bonds. The molecule has 6 heteroatoms. The van der Waals surface area contributed by atoms with Crippen molar-refractivity contribution in [3.05, 3.63) is 60.3 Å². The third-order valence-electron chi connectivity index (χ3n) is 5.32. The maximum absolute atomic E-state index is 6.00. The number of ether oxygens (including phenoxy) is 2. The van der Waals surface area contributed by atoms with Gasteiger partial charge in [0.2, 0.25) is 5.95 Å². The minimum atomic E-state index is 0.427. The quantitative estimate of drug-likeness (QED) is 0.630. The SMILES string of the molecule is COc1ccc(OC[C@H]2CCCN(c3nncc(-c4ccccc4C)n3)C2)cc1. The van der Waals surface area contributed by atoms with Crippen LogP contribution in [0.2, 0.25) is 0 Å². The number of rotatable bonds is 6. The van der Waals surface area contributed by atoms with Crippen molar-refractivity contribution in [3.8, 4) is 22.8 Å². The number of aryl methyl sites for hydroxylation is 1. The molecule has 0 bridgehead atoms. The van der Waals surface area contributed by atoms with Crippen LogP contribution in [0.5, 0.6) is 11.5 Å². The molecule has 0 aliphatic carbocycles. The Bertz CT molecular complexity index is 946. The highest BCUT2D eigenvalue weighted by atomic mass is 16.5. The van der Waals surface area contributed by atoms with E-state index in [4.69, 9.17) is 14.5 Å². The van der Waals surface area contributed by atoms with E-state index >= 15 is 0 Å². The molecule has 0 spiro atoms. The van der Waals surface area contributed by atoms with Crippen LogP contribution >= 0.6 is 0 Å². The molecule has 150 valence electrons. The minimum Gasteiger partial charge on any atom is -0.497 e. The van der Waals surface area contributed by atoms with Gasteiger partial charge in [-0.25, -0.2) is 4.98 Å². The molecule has 0 N–H and O–H groups in total. The van der Waals surface area contributed by atoms with Crippen molar-refractivity contribution in [2.45, 2.75) is 19.8 Å². The van der Waals surface area contributed by atoms with Crippen molar-refractivity contribution >= 4 is 5.95 Å². The highest BCUT2D eigenvalue weighted by Gasteiger charge is 2.23. The molecule has 1 fully saturated rings. The van der Waals surface area contributed by atoms with Crippen molar-refractivity contribution in [3.63, 3.8) is 0 Å². The van der Waals surface area contributed by atoms with Gasteiger partial charge in [0.15, 0.2) is 0 Å². The molecule has 1 atom stereocenters. The fourth-order valence-electron chi connectivity index (χ4n) is 3.69. The summed E-state index contributed by atoms with van der Waals surface area (Å²) >= 11 is 0. The first-order chi connectivity index (χ1) is 14.2. The summed E-state index contributed by atoms with van der Waals surface area (Å²) in [7, 11) is 1.66. The number of piperidine rings is 1. The first-order valence-electron chi connectivity index (χ1n) is 10.0. The second kappa shape index (κ2) is 8.90. The summed E-state index contributed by atoms with van der Waals surface area (Å²) in [4.78, 5) is 7.02. The molecule has 1 aliphatic heterocycles. The van der Waals surface area contributed by atoms with Crippen molar-refractivity contribution in [1.29, 1.82) is 0 Å². The predicted molar refractivity (Wildman–Crippen MR) is 113 cm³/mol. The lowest BCUT2D eigenvalue weighted by Crippen LogP contribution is -2.38. The molecule has 29 heavy (non-hydrogen) atoms. The van der Waals surface area contributed by atoms with Gasteiger partial charge in [0.1, 0.15) is 11.5 Å². The Morgan fingerprint density at radius 1 is 1.07 bits per heavy atom. The van der Waals surface area contributed by atoms with E-state index in [0.717, 1.165) is 48.7 Å². The predicted octanol–water partition coefficient (Wildman–Crippen LogP) is 4.15. The van der Waals surface area contributed by atoms with Gasteiger partial charge in [-0.05, 0) is 49.6 Å². The number of hydrogen-bond donors (Lipinski definition) is 0. The summed E-state index contributed by atoms with van der Waals surface area (Å²) in [6.07, 6.45) is 3.96. The maximum atomic E-state index is 6.00. The van der Waals surface area contributed by atoms with Gasteiger partial charge >= 0.3 is 0 Å². The van der Waals surface area contributed by atoms with Gasteiger partial charge in [0.05, 0.1) is 25.6 Å². The van der Waals surface area contributed by atoms with Crippen LogP contribution in [0.15, 0.2) is 54.7 Å². The van der Waals surface area contributed by atoms with Crippen LogP contribution in [-0.2, 0) is 0 Å². The van der Waals surface area contributed by atoms with Gasteiger partial charge in [-0.15, -0.1) is 5.10 Å². The smallest absolute Gasteiger partial charge is 0.245 e. The lowest BCUT2D eigenvalue weighted by Gasteiger charge is -2.32. The van der Waals surface area contributed by atoms with E-state index < -0.39 is 0 Å². The Kier molecular flexibility index (Phi) is 5.89. The number of anilines is 1. The summed E-state index contributed by atoms with van der Waals surface area (Å²) < 4.78 is 11.2. The van der Waals surface area contributed by atoms with Gasteiger partial charge < -0.3 is 14.4 Å². The van der Waals surface area contributed by atoms with Crippen LogP contribution < -0.4 is 14.4 Å². The van der Waals surface area contributed by atoms with Gasteiger partial charge in [0, 0.05) is 24.6 Å². The van der Waals surface area contributed by atoms with E-state index in [1.54, 1.807) is 13.3 Å². The summed E-state index contributed by atoms with van der Waals surface area (Å²) in [6, 6.07) is 15.9. The molecular weight excluding hydrogens is 364 g/mol. The van der Waals surface area contributed by atoms with Crippen molar-refractivity contribution in [1.82, 2.24) is 15.2 Å². The fraction of sp³-hybridized carbons (Fsp3) is 0.348. The summed E-state index contributed by atoms with van der Waals surface area (Å²) in [6.45, 7) is 4.57. The Balaban J connectivity index is 1.41. The number of benzene rings is 2. The lowest BCUT2D eigenvalue weighted by molar-refractivity contribution is 0.228. The van der Waals surface area contributed by atoms with Crippen molar-refractivity contribution < 1.29 is 9.47 Å². The first kappa shape index (κ1) is 19.2. The van der Waals surface area contributed by atoms with Gasteiger partial charge in [-0.1, -0.05) is 24.3 Å². The molecule has 1 saturated heterocycles. The van der Waals surface area contributed by atoms with Crippen LogP contribution in [0.4, 0.5) is 5.95 Å². The third kappa shape index (κ3) is 4.65. The van der Waals surface area contributed by atoms with E-state index in [1.165, 1.54) is 5.56 Å². The van der Waals surface area contributed by atoms with E-state index in [0.29, 0.717) is 18.5 Å². The molecule has 3 aromatic rings. The van der Waals surface area contributed by atoms with E-state index in [-0.39, 0.29) is 0 Å². The molecule has 2 aromatic carbocycles. The maximum Gasteiger partial charge on any atom is 0.245 e. The largest absolute Gasteiger partial charge is 0.497 e. The minimum absolute atomic E-state index is 0.427. The molecule has 0 radical (unpaired) electrons. The van der Waals surface area contributed by atoms with Crippen molar-refractivity contribution in [2.24, 2.45) is 5.92 Å². The Morgan fingerprint density at radius 2 is 1.86 bits per heavy atom. The second-order valence-electron chi connectivity index (χ2n) is 7.40. The number of methoxy groups -OCH3 is 1. The number of aromatic nitrogens is 3. The third-order valence-corrected chi connectivity index (χ3v) is 5.32.